The van der Waals surface area contributed by atoms with Gasteiger partial charge in [0.15, 0.2) is 0 Å². The van der Waals surface area contributed by atoms with Crippen LogP contribution in [0.4, 0.5) is 0 Å². The molecule has 0 spiro atoms. The Balaban J connectivity index is 2.43. The van der Waals surface area contributed by atoms with Crippen LogP contribution in [-0.4, -0.2) is 29.2 Å². The summed E-state index contributed by atoms with van der Waals surface area (Å²) >= 11 is 0. The summed E-state index contributed by atoms with van der Waals surface area (Å²) in [6.45, 7) is 9.40. The molecule has 0 aliphatic heterocycles. The molecule has 0 aliphatic rings. The van der Waals surface area contributed by atoms with Crippen LogP contribution in [0.2, 0.25) is 0 Å². The Morgan fingerprint density at radius 3 is 2.60 bits per heavy atom. The number of benzene rings is 1. The number of hydrogen-bond acceptors (Lipinski definition) is 3. The number of aromatic nitrogens is 2. The quantitative estimate of drug-likeness (QED) is 0.880. The highest BCUT2D eigenvalue weighted by molar-refractivity contribution is 5.78. The number of hydrogen-bond donors (Lipinski definition) is 1. The second kappa shape index (κ2) is 6.27. The Kier molecular flexibility index (Phi) is 4.65. The molecule has 0 unspecified atom stereocenters. The van der Waals surface area contributed by atoms with E-state index >= 15 is 0 Å². The van der Waals surface area contributed by atoms with Crippen LogP contribution in [0.25, 0.3) is 11.0 Å². The van der Waals surface area contributed by atoms with Crippen molar-refractivity contribution in [2.24, 2.45) is 0 Å². The fraction of sp³-hybridized carbons (Fsp3) is 0.562. The molecule has 1 aromatic carbocycles. The Labute approximate surface area is 121 Å². The predicted octanol–water partition coefficient (Wildman–Crippen LogP) is 3.17. The van der Waals surface area contributed by atoms with E-state index in [9.17, 15) is 0 Å². The second-order valence-corrected chi connectivity index (χ2v) is 5.66. The van der Waals surface area contributed by atoms with Crippen LogP contribution in [0.5, 0.6) is 5.75 Å². The van der Waals surface area contributed by atoms with Gasteiger partial charge in [-0.1, -0.05) is 0 Å². The second-order valence-electron chi connectivity index (χ2n) is 5.66. The van der Waals surface area contributed by atoms with Crippen molar-refractivity contribution in [2.45, 2.75) is 46.3 Å². The zero-order valence-electron chi connectivity index (χ0n) is 13.1. The van der Waals surface area contributed by atoms with Crippen LogP contribution in [0, 0.1) is 0 Å². The number of nitrogens with zero attached hydrogens (tertiary/aromatic N) is 2. The maximum Gasteiger partial charge on any atom is 0.121 e. The monoisotopic (exact) mass is 275 g/mol. The number of nitrogens with one attached hydrogen (secondary N) is 1. The molecule has 1 N–H and O–H groups in total. The lowest BCUT2D eigenvalue weighted by Gasteiger charge is -2.13. The van der Waals surface area contributed by atoms with E-state index in [1.807, 2.05) is 33.0 Å². The van der Waals surface area contributed by atoms with Crippen LogP contribution in [0.3, 0.4) is 0 Å². The third kappa shape index (κ3) is 3.12. The number of likely N-dealkylation sites (N-methyl/N-ethyl adjacent to an activating group) is 1. The number of imidazole rings is 1. The van der Waals surface area contributed by atoms with Gasteiger partial charge in [-0.15, -0.1) is 0 Å². The SMILES string of the molecule is CNCCc1nc2cc(OC(C)C)ccc2n1C(C)C. The average molecular weight is 275 g/mol. The van der Waals surface area contributed by atoms with Crippen LogP contribution < -0.4 is 10.1 Å². The Morgan fingerprint density at radius 2 is 2.00 bits per heavy atom. The van der Waals surface area contributed by atoms with Crippen molar-refractivity contribution in [1.29, 1.82) is 0 Å². The van der Waals surface area contributed by atoms with Crippen molar-refractivity contribution in [1.82, 2.24) is 14.9 Å². The molecule has 4 nitrogen and oxygen atoms in total. The van der Waals surface area contributed by atoms with Gasteiger partial charge in [-0.25, -0.2) is 4.98 Å². The normalized spacial score (nSPS) is 11.8. The van der Waals surface area contributed by atoms with Gasteiger partial charge in [0, 0.05) is 25.1 Å². The van der Waals surface area contributed by atoms with Crippen LogP contribution in [-0.2, 0) is 6.42 Å². The van der Waals surface area contributed by atoms with E-state index in [1.54, 1.807) is 0 Å². The first kappa shape index (κ1) is 14.9. The lowest BCUT2D eigenvalue weighted by Crippen LogP contribution is -2.15. The van der Waals surface area contributed by atoms with Crippen LogP contribution in [0.15, 0.2) is 18.2 Å². The average Bonchev–Trinajstić information content (AvgIpc) is 2.73. The molecular formula is C16H25N3O. The number of rotatable bonds is 6. The van der Waals surface area contributed by atoms with E-state index in [-0.39, 0.29) is 6.10 Å². The molecule has 1 aromatic heterocycles. The summed E-state index contributed by atoms with van der Waals surface area (Å²) in [5.74, 6) is 2.02. The molecule has 0 aliphatic carbocycles. The third-order valence-corrected chi connectivity index (χ3v) is 3.22. The first-order valence-corrected chi connectivity index (χ1v) is 7.35. The topological polar surface area (TPSA) is 39.1 Å². The molecule has 2 rings (SSSR count). The summed E-state index contributed by atoms with van der Waals surface area (Å²) < 4.78 is 8.06. The molecule has 110 valence electrons. The molecule has 0 fully saturated rings. The molecule has 0 radical (unpaired) electrons. The molecule has 0 saturated heterocycles. The molecule has 2 aromatic rings. The van der Waals surface area contributed by atoms with Gasteiger partial charge in [-0.3, -0.25) is 0 Å². The van der Waals surface area contributed by atoms with E-state index in [4.69, 9.17) is 9.72 Å². The standard InChI is InChI=1S/C16H25N3O/c1-11(2)19-15-7-6-13(20-12(3)4)10-14(15)18-16(19)8-9-17-5/h6-7,10-12,17H,8-9H2,1-5H3. The smallest absolute Gasteiger partial charge is 0.121 e. The summed E-state index contributed by atoms with van der Waals surface area (Å²) in [5, 5.41) is 3.19. The molecule has 20 heavy (non-hydrogen) atoms. The van der Waals surface area contributed by atoms with E-state index in [0.29, 0.717) is 6.04 Å². The zero-order chi connectivity index (χ0) is 14.7. The van der Waals surface area contributed by atoms with Gasteiger partial charge in [0.2, 0.25) is 0 Å². The first-order chi connectivity index (χ1) is 9.52. The Bertz CT molecular complexity index is 572. The lowest BCUT2D eigenvalue weighted by atomic mass is 10.2. The predicted molar refractivity (Wildman–Crippen MR) is 83.5 cm³/mol. The van der Waals surface area contributed by atoms with Crippen molar-refractivity contribution < 1.29 is 4.74 Å². The summed E-state index contributed by atoms with van der Waals surface area (Å²) in [7, 11) is 1.97. The van der Waals surface area contributed by atoms with Gasteiger partial charge in [-0.2, -0.15) is 0 Å². The van der Waals surface area contributed by atoms with Gasteiger partial charge < -0.3 is 14.6 Å². The number of ether oxygens (including phenoxy) is 1. The molecule has 1 heterocycles. The summed E-state index contributed by atoms with van der Waals surface area (Å²) in [4.78, 5) is 4.78. The van der Waals surface area contributed by atoms with Crippen molar-refractivity contribution >= 4 is 11.0 Å². The van der Waals surface area contributed by atoms with E-state index in [1.165, 1.54) is 5.52 Å². The molecule has 0 atom stereocenters. The Morgan fingerprint density at radius 1 is 1.25 bits per heavy atom. The molecule has 0 saturated carbocycles. The highest BCUT2D eigenvalue weighted by Crippen LogP contribution is 2.25. The fourth-order valence-electron chi connectivity index (χ4n) is 2.46. The summed E-state index contributed by atoms with van der Waals surface area (Å²) in [6.07, 6.45) is 1.12. The van der Waals surface area contributed by atoms with E-state index in [0.717, 1.165) is 30.1 Å². The van der Waals surface area contributed by atoms with Crippen LogP contribution >= 0.6 is 0 Å². The maximum absolute atomic E-state index is 5.75. The first-order valence-electron chi connectivity index (χ1n) is 7.35. The van der Waals surface area contributed by atoms with Crippen molar-refractivity contribution in [3.63, 3.8) is 0 Å². The van der Waals surface area contributed by atoms with Gasteiger partial charge in [0.05, 0.1) is 17.1 Å². The molecule has 0 amide bonds. The highest BCUT2D eigenvalue weighted by Gasteiger charge is 2.13. The van der Waals surface area contributed by atoms with Gasteiger partial charge in [-0.05, 0) is 46.9 Å². The largest absolute Gasteiger partial charge is 0.491 e. The molecule has 0 bridgehead atoms. The third-order valence-electron chi connectivity index (χ3n) is 3.22. The van der Waals surface area contributed by atoms with Crippen molar-refractivity contribution in [2.75, 3.05) is 13.6 Å². The molecular weight excluding hydrogens is 250 g/mol. The zero-order valence-corrected chi connectivity index (χ0v) is 13.1. The Hall–Kier alpha value is -1.55. The van der Waals surface area contributed by atoms with Crippen molar-refractivity contribution in [3.05, 3.63) is 24.0 Å². The lowest BCUT2D eigenvalue weighted by molar-refractivity contribution is 0.242. The minimum absolute atomic E-state index is 0.184. The minimum atomic E-state index is 0.184. The van der Waals surface area contributed by atoms with E-state index < -0.39 is 0 Å². The van der Waals surface area contributed by atoms with Gasteiger partial charge in [0.1, 0.15) is 11.6 Å². The van der Waals surface area contributed by atoms with Crippen molar-refractivity contribution in [3.8, 4) is 5.75 Å². The highest BCUT2D eigenvalue weighted by atomic mass is 16.5. The summed E-state index contributed by atoms with van der Waals surface area (Å²) in [5.41, 5.74) is 2.20. The summed E-state index contributed by atoms with van der Waals surface area (Å²) in [6, 6.07) is 6.59. The minimum Gasteiger partial charge on any atom is -0.491 e. The van der Waals surface area contributed by atoms with Gasteiger partial charge >= 0.3 is 0 Å². The maximum atomic E-state index is 5.75. The fourth-order valence-corrected chi connectivity index (χ4v) is 2.46. The van der Waals surface area contributed by atoms with Gasteiger partial charge in [0.25, 0.3) is 0 Å². The molecule has 4 heteroatoms. The van der Waals surface area contributed by atoms with E-state index in [2.05, 4.69) is 29.8 Å². The number of fused-ring (bicyclic) bond motifs is 1. The van der Waals surface area contributed by atoms with Crippen LogP contribution in [0.1, 0.15) is 39.6 Å².